The van der Waals surface area contributed by atoms with E-state index < -0.39 is 157 Å². The van der Waals surface area contributed by atoms with Gasteiger partial charge in [-0.15, -0.1) is 0 Å². The summed E-state index contributed by atoms with van der Waals surface area (Å²) in [6.07, 6.45) is -11.9. The van der Waals surface area contributed by atoms with Crippen molar-refractivity contribution >= 4 is 44.3 Å². The van der Waals surface area contributed by atoms with E-state index in [-0.39, 0.29) is 35.2 Å². The number of pyridine rings is 1. The average molecular weight is 990 g/mol. The van der Waals surface area contributed by atoms with Crippen molar-refractivity contribution in [3.8, 4) is 17.1 Å². The van der Waals surface area contributed by atoms with Gasteiger partial charge < -0.3 is 5.32 Å². The molecule has 0 aliphatic heterocycles. The number of carbonyl (C=O) groups is 1. The zero-order valence-corrected chi connectivity index (χ0v) is 35.6. The lowest BCUT2D eigenvalue weighted by molar-refractivity contribution is -0.141. The van der Waals surface area contributed by atoms with Gasteiger partial charge in [0.2, 0.25) is 15.9 Å². The fourth-order valence-electron chi connectivity index (χ4n) is 8.61. The fourth-order valence-corrected chi connectivity index (χ4v) is 10.2. The van der Waals surface area contributed by atoms with E-state index in [0.29, 0.717) is 32.1 Å². The van der Waals surface area contributed by atoms with Gasteiger partial charge in [0, 0.05) is 35.4 Å². The second-order valence-electron chi connectivity index (χ2n) is 16.6. The van der Waals surface area contributed by atoms with E-state index in [2.05, 4.69) is 30.2 Å². The summed E-state index contributed by atoms with van der Waals surface area (Å²) in [7, 11) is -4.17. The van der Waals surface area contributed by atoms with Gasteiger partial charge in [-0.2, -0.15) is 32.1 Å². The van der Waals surface area contributed by atoms with Crippen LogP contribution in [0.4, 0.5) is 54.1 Å². The molecular weight excluding hydrogens is 959 g/mol. The molecule has 2 saturated carbocycles. The highest BCUT2D eigenvalue weighted by Crippen LogP contribution is 2.76. The molecule has 0 saturated heterocycles. The number of sulfonamides is 1. The van der Waals surface area contributed by atoms with Crippen molar-refractivity contribution in [1.82, 2.24) is 39.4 Å². The lowest BCUT2D eigenvalue weighted by Gasteiger charge is -2.25. The predicted molar refractivity (Wildman–Crippen MR) is 215 cm³/mol. The molecule has 13 nitrogen and oxygen atoms in total. The summed E-state index contributed by atoms with van der Waals surface area (Å²) < 4.78 is 190. The van der Waals surface area contributed by atoms with Gasteiger partial charge in [0.05, 0.1) is 44.3 Å². The van der Waals surface area contributed by atoms with Crippen molar-refractivity contribution < 1.29 is 61.5 Å². The number of halogens is 12. The number of hydrogen-bond donors (Lipinski definition) is 2. The summed E-state index contributed by atoms with van der Waals surface area (Å²) in [6.45, 7) is -1.26. The lowest BCUT2D eigenvalue weighted by atomic mass is 10.0. The third-order valence-corrected chi connectivity index (χ3v) is 14.1. The van der Waals surface area contributed by atoms with Crippen LogP contribution in [0.3, 0.4) is 0 Å². The molecule has 1 amide bonds. The van der Waals surface area contributed by atoms with Crippen molar-refractivity contribution in [2.75, 3.05) is 4.72 Å². The molecule has 2 fully saturated rings. The van der Waals surface area contributed by atoms with Crippen LogP contribution in [0, 0.1) is 17.0 Å². The van der Waals surface area contributed by atoms with Gasteiger partial charge >= 0.3 is 6.18 Å². The molecule has 4 heterocycles. The van der Waals surface area contributed by atoms with Crippen LogP contribution in [0.15, 0.2) is 59.4 Å². The number of benzene rings is 2. The van der Waals surface area contributed by atoms with Crippen molar-refractivity contribution in [2.24, 2.45) is 5.41 Å². The quantitative estimate of drug-likeness (QED) is 0.103. The molecule has 2 aromatic carbocycles. The average Bonchev–Trinajstić information content (AvgIpc) is 4.12. The fraction of sp³-hybridized carbons (Fsp3) is 0.366. The molecule has 0 radical (unpaired) electrons. The van der Waals surface area contributed by atoms with Gasteiger partial charge in [0.15, 0.2) is 5.82 Å². The normalized spacial score (nSPS) is 19.2. The highest BCUT2D eigenvalue weighted by Gasteiger charge is 2.75. The Bertz CT molecular complexity index is 3170. The predicted octanol–water partition coefficient (Wildman–Crippen LogP) is 8.60. The van der Waals surface area contributed by atoms with E-state index in [1.165, 1.54) is 6.92 Å². The maximum absolute atomic E-state index is 15.9. The molecule has 6 aromatic rings. The number of rotatable bonds is 14. The van der Waals surface area contributed by atoms with Gasteiger partial charge in [0.25, 0.3) is 24.3 Å². The number of alkyl halides is 9. The van der Waals surface area contributed by atoms with Crippen molar-refractivity contribution in [2.45, 2.75) is 87.9 Å². The maximum Gasteiger partial charge on any atom is 0.433 e. The largest absolute Gasteiger partial charge is 0.433 e. The minimum Gasteiger partial charge on any atom is -0.344 e. The van der Waals surface area contributed by atoms with Gasteiger partial charge in [0.1, 0.15) is 47.6 Å². The summed E-state index contributed by atoms with van der Waals surface area (Å²) in [5.41, 5.74) is -9.12. The maximum atomic E-state index is 15.9. The first-order valence-corrected chi connectivity index (χ1v) is 22.0. The van der Waals surface area contributed by atoms with E-state index in [0.717, 1.165) is 36.4 Å². The van der Waals surface area contributed by atoms with Crippen LogP contribution in [0.2, 0.25) is 5.02 Å². The number of nitrogens with zero attached hydrogens (tertiary/aromatic N) is 7. The Morgan fingerprint density at radius 3 is 2.30 bits per heavy atom. The Morgan fingerprint density at radius 1 is 0.955 bits per heavy atom. The zero-order valence-electron chi connectivity index (χ0n) is 34.0. The van der Waals surface area contributed by atoms with E-state index >= 15 is 8.78 Å². The Balaban J connectivity index is 1.26. The van der Waals surface area contributed by atoms with Crippen molar-refractivity contribution in [3.63, 3.8) is 0 Å². The molecule has 0 bridgehead atoms. The van der Waals surface area contributed by atoms with Crippen molar-refractivity contribution in [3.05, 3.63) is 116 Å². The van der Waals surface area contributed by atoms with Crippen LogP contribution < -0.4 is 15.6 Å². The standard InChI is InChI=1S/C41H31ClF11N9O4S/c1-39-14-21(39)31-33(36(47)48)57-61(35(31)40(39,49)50)16-29(63)55-25(11-17-9-18(43)12-19(44)10-17)38-56-24(23-3-2-4-27(54-23)41(51,52)53)13-30(64)62(38)26-8-7-22(42)32-34(26)60(15-28(45)46)58-37(32)59-67(65,66)20-5-6-20/h2-4,7-10,12-13,20-21,25,28,36H,5-6,11,14-16H2,1H3,(H,55,63)(H,58,59)/t21-,25+,39-/m1/s1. The summed E-state index contributed by atoms with van der Waals surface area (Å²) in [5, 5.41) is 8.67. The molecule has 3 atom stereocenters. The summed E-state index contributed by atoms with van der Waals surface area (Å²) in [6, 6.07) is 5.61. The molecule has 9 rings (SSSR count). The molecule has 3 aliphatic rings. The van der Waals surface area contributed by atoms with Gasteiger partial charge in [-0.25, -0.2) is 44.7 Å². The summed E-state index contributed by atoms with van der Waals surface area (Å²) >= 11 is 6.56. The number of nitrogens with one attached hydrogen (secondary N) is 2. The monoisotopic (exact) mass is 989 g/mol. The number of fused-ring (bicyclic) bond motifs is 4. The van der Waals surface area contributed by atoms with Crippen LogP contribution in [0.1, 0.15) is 78.6 Å². The van der Waals surface area contributed by atoms with E-state index in [1.807, 2.05) is 0 Å². The third-order valence-electron chi connectivity index (χ3n) is 11.9. The first-order chi connectivity index (χ1) is 31.4. The van der Waals surface area contributed by atoms with E-state index in [9.17, 15) is 57.5 Å². The number of amides is 1. The molecule has 3 aliphatic carbocycles. The second kappa shape index (κ2) is 16.0. The van der Waals surface area contributed by atoms with Gasteiger partial charge in [-0.1, -0.05) is 24.6 Å². The van der Waals surface area contributed by atoms with Gasteiger partial charge in [-0.05, 0) is 61.2 Å². The van der Waals surface area contributed by atoms with Crippen LogP contribution in [-0.4, -0.2) is 60.1 Å². The minimum absolute atomic E-state index is 0.140. The van der Waals surface area contributed by atoms with E-state index in [4.69, 9.17) is 11.6 Å². The number of hydrogen-bond acceptors (Lipinski definition) is 8. The van der Waals surface area contributed by atoms with Crippen molar-refractivity contribution in [1.29, 1.82) is 0 Å². The summed E-state index contributed by atoms with van der Waals surface area (Å²) in [5.74, 6) is -9.59. The second-order valence-corrected chi connectivity index (χ2v) is 19.0. The minimum atomic E-state index is -5.02. The molecule has 0 spiro atoms. The van der Waals surface area contributed by atoms with Crippen LogP contribution in [0.25, 0.3) is 28.0 Å². The molecule has 0 unspecified atom stereocenters. The Kier molecular flexibility index (Phi) is 11.0. The molecular formula is C41H31ClF11N9O4S. The first-order valence-electron chi connectivity index (χ1n) is 20.1. The third kappa shape index (κ3) is 8.15. The van der Waals surface area contributed by atoms with Gasteiger partial charge in [-0.3, -0.25) is 28.2 Å². The Morgan fingerprint density at radius 2 is 1.66 bits per heavy atom. The molecule has 2 N–H and O–H groups in total. The Labute approximate surface area is 375 Å². The van der Waals surface area contributed by atoms with Crippen LogP contribution in [0.5, 0.6) is 0 Å². The molecule has 4 aromatic heterocycles. The number of carbonyl (C=O) groups excluding carboxylic acids is 1. The van der Waals surface area contributed by atoms with E-state index in [1.54, 1.807) is 0 Å². The molecule has 67 heavy (non-hydrogen) atoms. The highest BCUT2D eigenvalue weighted by molar-refractivity contribution is 7.93. The topological polar surface area (TPSA) is 159 Å². The smallest absolute Gasteiger partial charge is 0.344 e. The number of anilines is 1. The first kappa shape index (κ1) is 46.0. The molecule has 26 heteroatoms. The zero-order chi connectivity index (χ0) is 48.3. The SMILES string of the molecule is C[C@@]12C[C@@H]1c1c(C(F)F)nn(CC(=O)N[C@@H](Cc3cc(F)cc(F)c3)c3nc(-c4cccc(C(F)(F)F)n4)cc(=O)n3-c3ccc(Cl)c4c(NS(=O)(=O)C5CC5)nn(CC(F)F)c34)c1C2(F)F. The highest BCUT2D eigenvalue weighted by atomic mass is 35.5. The van der Waals surface area contributed by atoms with Crippen LogP contribution >= 0.6 is 11.6 Å². The summed E-state index contributed by atoms with van der Waals surface area (Å²) in [4.78, 5) is 36.8. The lowest BCUT2D eigenvalue weighted by Crippen LogP contribution is -2.38. The Hall–Kier alpha value is -6.11. The number of aromatic nitrogens is 7. The molecule has 354 valence electrons. The van der Waals surface area contributed by atoms with Crippen LogP contribution in [-0.2, 0) is 46.4 Å².